The zero-order valence-corrected chi connectivity index (χ0v) is 12.7. The van der Waals surface area contributed by atoms with Crippen molar-refractivity contribution in [2.75, 3.05) is 11.4 Å². The minimum absolute atomic E-state index is 0.0800. The molecule has 0 radical (unpaired) electrons. The van der Waals surface area contributed by atoms with Gasteiger partial charge in [0.05, 0.1) is 16.6 Å². The molecule has 1 aliphatic heterocycles. The van der Waals surface area contributed by atoms with E-state index in [2.05, 4.69) is 0 Å². The van der Waals surface area contributed by atoms with Crippen molar-refractivity contribution in [3.8, 4) is 0 Å². The number of hydrogen-bond donors (Lipinski definition) is 1. The number of amides is 1. The van der Waals surface area contributed by atoms with Gasteiger partial charge in [0.25, 0.3) is 0 Å². The number of hydrogen-bond acceptors (Lipinski definition) is 4. The topological polar surface area (TPSA) is 91.8 Å². The van der Waals surface area contributed by atoms with Crippen LogP contribution >= 0.6 is 0 Å². The highest BCUT2D eigenvalue weighted by Gasteiger charge is 2.28. The summed E-state index contributed by atoms with van der Waals surface area (Å²) in [6, 6.07) is 4.60. The molecule has 0 spiro atoms. The van der Waals surface area contributed by atoms with Crippen molar-refractivity contribution in [3.05, 3.63) is 23.8 Å². The SMILES string of the molecule is CC(=O)N1CCc2cc(S(=O)(=O)[C@@H](C)CC(=O)O)ccc21. The summed E-state index contributed by atoms with van der Waals surface area (Å²) in [4.78, 5) is 23.9. The van der Waals surface area contributed by atoms with Crippen LogP contribution in [-0.2, 0) is 25.8 Å². The summed E-state index contributed by atoms with van der Waals surface area (Å²) in [6.45, 7) is 3.39. The molecule has 1 atom stereocenters. The van der Waals surface area contributed by atoms with Gasteiger partial charge < -0.3 is 10.0 Å². The van der Waals surface area contributed by atoms with Crippen molar-refractivity contribution >= 4 is 27.4 Å². The van der Waals surface area contributed by atoms with Crippen LogP contribution < -0.4 is 4.90 Å². The Morgan fingerprint density at radius 2 is 2.05 bits per heavy atom. The zero-order valence-electron chi connectivity index (χ0n) is 11.9. The number of aliphatic carboxylic acids is 1. The van der Waals surface area contributed by atoms with E-state index in [0.717, 1.165) is 11.3 Å². The monoisotopic (exact) mass is 311 g/mol. The summed E-state index contributed by atoms with van der Waals surface area (Å²) in [5, 5.41) is 7.75. The molecule has 1 aliphatic rings. The van der Waals surface area contributed by atoms with Crippen LogP contribution in [0.15, 0.2) is 23.1 Å². The molecule has 0 fully saturated rings. The number of carbonyl (C=O) groups is 2. The Bertz CT molecular complexity index is 695. The number of anilines is 1. The molecule has 0 aromatic heterocycles. The Hall–Kier alpha value is -1.89. The smallest absolute Gasteiger partial charge is 0.304 e. The van der Waals surface area contributed by atoms with Gasteiger partial charge in [0.1, 0.15) is 0 Å². The van der Waals surface area contributed by atoms with Crippen molar-refractivity contribution in [1.82, 2.24) is 0 Å². The zero-order chi connectivity index (χ0) is 15.8. The van der Waals surface area contributed by atoms with Crippen LogP contribution in [0.1, 0.15) is 25.8 Å². The van der Waals surface area contributed by atoms with E-state index in [1.165, 1.54) is 19.9 Å². The summed E-state index contributed by atoms with van der Waals surface area (Å²) in [7, 11) is -3.68. The van der Waals surface area contributed by atoms with Crippen molar-refractivity contribution in [1.29, 1.82) is 0 Å². The molecule has 0 unspecified atom stereocenters. The highest BCUT2D eigenvalue weighted by molar-refractivity contribution is 7.92. The summed E-state index contributed by atoms with van der Waals surface area (Å²) in [5.74, 6) is -1.22. The van der Waals surface area contributed by atoms with Gasteiger partial charge in [-0.15, -0.1) is 0 Å². The molecule has 0 saturated heterocycles. The maximum Gasteiger partial charge on any atom is 0.304 e. The van der Waals surface area contributed by atoms with Gasteiger partial charge in [0.2, 0.25) is 5.91 Å². The van der Waals surface area contributed by atoms with Crippen LogP contribution in [0.5, 0.6) is 0 Å². The summed E-state index contributed by atoms with van der Waals surface area (Å²) >= 11 is 0. The molecule has 21 heavy (non-hydrogen) atoms. The normalized spacial score (nSPS) is 15.6. The Labute approximate surface area is 123 Å². The van der Waals surface area contributed by atoms with Crippen LogP contribution in [0.25, 0.3) is 0 Å². The Kier molecular flexibility index (Phi) is 4.04. The number of carboxylic acid groups (broad SMARTS) is 1. The van der Waals surface area contributed by atoms with Gasteiger partial charge in [-0.2, -0.15) is 0 Å². The van der Waals surface area contributed by atoms with Crippen molar-refractivity contribution in [3.63, 3.8) is 0 Å². The molecule has 2 rings (SSSR count). The Morgan fingerprint density at radius 1 is 1.38 bits per heavy atom. The lowest BCUT2D eigenvalue weighted by atomic mass is 10.2. The molecule has 0 aliphatic carbocycles. The summed E-state index contributed by atoms with van der Waals surface area (Å²) < 4.78 is 24.7. The van der Waals surface area contributed by atoms with Crippen molar-refractivity contribution in [2.24, 2.45) is 0 Å². The molecule has 1 heterocycles. The predicted molar refractivity (Wildman–Crippen MR) is 77.1 cm³/mol. The second-order valence-corrected chi connectivity index (χ2v) is 7.53. The van der Waals surface area contributed by atoms with E-state index in [0.29, 0.717) is 13.0 Å². The fourth-order valence-electron chi connectivity index (χ4n) is 2.47. The van der Waals surface area contributed by atoms with Gasteiger partial charge in [-0.1, -0.05) is 0 Å². The van der Waals surface area contributed by atoms with E-state index in [-0.39, 0.29) is 10.8 Å². The first-order chi connectivity index (χ1) is 9.73. The number of nitrogens with zero attached hydrogens (tertiary/aromatic N) is 1. The third kappa shape index (κ3) is 2.92. The second-order valence-electron chi connectivity index (χ2n) is 5.16. The van der Waals surface area contributed by atoms with Crippen molar-refractivity contribution < 1.29 is 23.1 Å². The fourth-order valence-corrected chi connectivity index (χ4v) is 3.86. The van der Waals surface area contributed by atoms with Crippen LogP contribution in [0.3, 0.4) is 0 Å². The third-order valence-corrected chi connectivity index (χ3v) is 5.78. The average molecular weight is 311 g/mol. The Balaban J connectivity index is 2.35. The number of rotatable bonds is 4. The van der Waals surface area contributed by atoms with E-state index in [1.807, 2.05) is 0 Å². The van der Waals surface area contributed by atoms with Crippen LogP contribution in [0, 0.1) is 0 Å². The van der Waals surface area contributed by atoms with E-state index in [1.54, 1.807) is 17.0 Å². The number of carboxylic acids is 1. The quantitative estimate of drug-likeness (QED) is 0.903. The lowest BCUT2D eigenvalue weighted by Gasteiger charge is -2.16. The lowest BCUT2D eigenvalue weighted by Crippen LogP contribution is -2.25. The van der Waals surface area contributed by atoms with Gasteiger partial charge in [-0.25, -0.2) is 8.42 Å². The molecular weight excluding hydrogens is 294 g/mol. The summed E-state index contributed by atoms with van der Waals surface area (Å²) in [6.07, 6.45) is 0.171. The van der Waals surface area contributed by atoms with Crippen LogP contribution in [0.4, 0.5) is 5.69 Å². The number of benzene rings is 1. The van der Waals surface area contributed by atoms with Gasteiger partial charge in [-0.05, 0) is 37.1 Å². The highest BCUT2D eigenvalue weighted by atomic mass is 32.2. The van der Waals surface area contributed by atoms with Gasteiger partial charge in [0.15, 0.2) is 9.84 Å². The van der Waals surface area contributed by atoms with Gasteiger partial charge >= 0.3 is 5.97 Å². The standard InChI is InChI=1S/C14H17NO5S/c1-9(7-14(17)18)21(19,20)12-3-4-13-11(8-12)5-6-15(13)10(2)16/h3-4,8-9H,5-7H2,1-2H3,(H,17,18)/t9-/m0/s1. The number of carbonyl (C=O) groups excluding carboxylic acids is 1. The number of fused-ring (bicyclic) bond motifs is 1. The molecule has 1 aromatic carbocycles. The molecule has 1 amide bonds. The molecule has 6 nitrogen and oxygen atoms in total. The molecule has 0 saturated carbocycles. The van der Waals surface area contributed by atoms with Crippen molar-refractivity contribution in [2.45, 2.75) is 36.8 Å². The number of sulfone groups is 1. The minimum atomic E-state index is -3.68. The van der Waals surface area contributed by atoms with E-state index in [4.69, 9.17) is 5.11 Å². The molecule has 0 bridgehead atoms. The van der Waals surface area contributed by atoms with E-state index in [9.17, 15) is 18.0 Å². The average Bonchev–Trinajstić information content (AvgIpc) is 2.80. The maximum atomic E-state index is 12.3. The minimum Gasteiger partial charge on any atom is -0.481 e. The van der Waals surface area contributed by atoms with Crippen LogP contribution in [-0.4, -0.2) is 37.2 Å². The summed E-state index contributed by atoms with van der Waals surface area (Å²) in [5.41, 5.74) is 1.53. The first-order valence-corrected chi connectivity index (χ1v) is 8.15. The molecular formula is C14H17NO5S. The van der Waals surface area contributed by atoms with E-state index < -0.39 is 27.5 Å². The predicted octanol–water partition coefficient (Wildman–Crippen LogP) is 1.23. The van der Waals surface area contributed by atoms with E-state index >= 15 is 0 Å². The fraction of sp³-hybridized carbons (Fsp3) is 0.429. The first kappa shape index (κ1) is 15.5. The largest absolute Gasteiger partial charge is 0.481 e. The van der Waals surface area contributed by atoms with Gasteiger partial charge in [0, 0.05) is 19.2 Å². The Morgan fingerprint density at radius 3 is 2.62 bits per heavy atom. The van der Waals surface area contributed by atoms with Crippen LogP contribution in [0.2, 0.25) is 0 Å². The molecule has 114 valence electrons. The lowest BCUT2D eigenvalue weighted by molar-refractivity contribution is -0.137. The molecule has 1 aromatic rings. The second kappa shape index (κ2) is 5.48. The third-order valence-electron chi connectivity index (χ3n) is 3.65. The molecule has 7 heteroatoms. The maximum absolute atomic E-state index is 12.3. The molecule has 1 N–H and O–H groups in total. The highest BCUT2D eigenvalue weighted by Crippen LogP contribution is 2.31. The van der Waals surface area contributed by atoms with Gasteiger partial charge in [-0.3, -0.25) is 9.59 Å². The first-order valence-electron chi connectivity index (χ1n) is 6.60.